The Morgan fingerprint density at radius 3 is 2.64 bits per heavy atom. The van der Waals surface area contributed by atoms with Crippen molar-refractivity contribution in [1.82, 2.24) is 9.97 Å². The molecule has 2 heterocycles. The van der Waals surface area contributed by atoms with Crippen LogP contribution in [0.1, 0.15) is 17.0 Å². The third-order valence-corrected chi connectivity index (χ3v) is 5.19. The number of aryl methyl sites for hydroxylation is 1. The molecule has 5 nitrogen and oxygen atoms in total. The van der Waals surface area contributed by atoms with Gasteiger partial charge in [0.25, 0.3) is 0 Å². The Kier molecular flexibility index (Phi) is 5.02. The first-order chi connectivity index (χ1) is 13.7. The largest absolute Gasteiger partial charge is 0.438 e. The van der Waals surface area contributed by atoms with Gasteiger partial charge < -0.3 is 9.47 Å². The van der Waals surface area contributed by atoms with E-state index in [2.05, 4.69) is 33.5 Å². The van der Waals surface area contributed by atoms with Gasteiger partial charge in [-0.1, -0.05) is 30.3 Å². The summed E-state index contributed by atoms with van der Waals surface area (Å²) >= 11 is 1.55. The van der Waals surface area contributed by atoms with Crippen molar-refractivity contribution in [3.05, 3.63) is 70.9 Å². The van der Waals surface area contributed by atoms with Crippen molar-refractivity contribution in [2.75, 3.05) is 7.11 Å². The number of nitriles is 1. The molecule has 0 spiro atoms. The van der Waals surface area contributed by atoms with Crippen molar-refractivity contribution in [3.8, 4) is 28.8 Å². The second-order valence-electron chi connectivity index (χ2n) is 6.27. The van der Waals surface area contributed by atoms with Crippen LogP contribution in [-0.4, -0.2) is 17.1 Å². The monoisotopic (exact) mass is 387 g/mol. The molecule has 0 saturated carbocycles. The standard InChI is InChI=1S/C22H17N3O2S/c1-14-10-15(11-23)8-9-18(14)27-21-20-17(16-6-4-3-5-7-16)13-28-22(20)25-19(24-21)12-26-2/h3-10,13H,12H2,1-2H3. The zero-order valence-electron chi connectivity index (χ0n) is 15.5. The van der Waals surface area contributed by atoms with Crippen LogP contribution in [0.25, 0.3) is 21.3 Å². The molecule has 0 aliphatic rings. The Labute approximate surface area is 166 Å². The second-order valence-corrected chi connectivity index (χ2v) is 7.13. The van der Waals surface area contributed by atoms with E-state index in [9.17, 15) is 0 Å². The number of fused-ring (bicyclic) bond motifs is 1. The Morgan fingerprint density at radius 2 is 1.93 bits per heavy atom. The lowest BCUT2D eigenvalue weighted by Crippen LogP contribution is -2.00. The zero-order valence-corrected chi connectivity index (χ0v) is 16.3. The van der Waals surface area contributed by atoms with Crippen LogP contribution in [0.2, 0.25) is 0 Å². The molecule has 0 amide bonds. The number of aromatic nitrogens is 2. The van der Waals surface area contributed by atoms with Crippen molar-refractivity contribution >= 4 is 21.6 Å². The molecule has 0 aliphatic heterocycles. The SMILES string of the molecule is COCc1nc(Oc2ccc(C#N)cc2C)c2c(-c3ccccc3)csc2n1. The molecule has 0 N–H and O–H groups in total. The van der Waals surface area contributed by atoms with E-state index < -0.39 is 0 Å². The predicted molar refractivity (Wildman–Crippen MR) is 110 cm³/mol. The van der Waals surface area contributed by atoms with Crippen molar-refractivity contribution in [1.29, 1.82) is 5.26 Å². The number of thiophene rings is 1. The molecule has 0 radical (unpaired) electrons. The lowest BCUT2D eigenvalue weighted by Gasteiger charge is -2.11. The van der Waals surface area contributed by atoms with Crippen molar-refractivity contribution in [2.24, 2.45) is 0 Å². The number of ether oxygens (including phenoxy) is 2. The number of benzene rings is 2. The van der Waals surface area contributed by atoms with Crippen LogP contribution in [0.3, 0.4) is 0 Å². The first kappa shape index (κ1) is 18.1. The molecule has 0 bridgehead atoms. The maximum atomic E-state index is 9.09. The number of hydrogen-bond acceptors (Lipinski definition) is 6. The molecule has 138 valence electrons. The number of rotatable bonds is 5. The molecule has 0 unspecified atom stereocenters. The minimum Gasteiger partial charge on any atom is -0.438 e. The van der Waals surface area contributed by atoms with Gasteiger partial charge in [-0.2, -0.15) is 10.2 Å². The second kappa shape index (κ2) is 7.77. The van der Waals surface area contributed by atoms with Crippen LogP contribution in [0, 0.1) is 18.3 Å². The highest BCUT2D eigenvalue weighted by molar-refractivity contribution is 7.17. The highest BCUT2D eigenvalue weighted by atomic mass is 32.1. The molecule has 4 aromatic rings. The summed E-state index contributed by atoms with van der Waals surface area (Å²) in [5.41, 5.74) is 3.58. The van der Waals surface area contributed by atoms with E-state index in [1.807, 2.05) is 25.1 Å². The molecule has 0 fully saturated rings. The summed E-state index contributed by atoms with van der Waals surface area (Å²) in [6.07, 6.45) is 0. The fourth-order valence-corrected chi connectivity index (χ4v) is 3.94. The van der Waals surface area contributed by atoms with E-state index in [4.69, 9.17) is 14.7 Å². The van der Waals surface area contributed by atoms with Gasteiger partial charge in [-0.3, -0.25) is 0 Å². The summed E-state index contributed by atoms with van der Waals surface area (Å²) in [6.45, 7) is 2.22. The normalized spacial score (nSPS) is 10.8. The van der Waals surface area contributed by atoms with E-state index in [0.29, 0.717) is 29.6 Å². The van der Waals surface area contributed by atoms with Gasteiger partial charge in [0.15, 0.2) is 5.82 Å². The lowest BCUT2D eigenvalue weighted by molar-refractivity contribution is 0.177. The average molecular weight is 387 g/mol. The Hall–Kier alpha value is -3.27. The van der Waals surface area contributed by atoms with Crippen molar-refractivity contribution in [3.63, 3.8) is 0 Å². The molecule has 0 atom stereocenters. The van der Waals surface area contributed by atoms with Gasteiger partial charge in [-0.05, 0) is 36.2 Å². The first-order valence-corrected chi connectivity index (χ1v) is 9.58. The summed E-state index contributed by atoms with van der Waals surface area (Å²) in [5, 5.41) is 12.0. The first-order valence-electron chi connectivity index (χ1n) is 8.70. The average Bonchev–Trinajstić information content (AvgIpc) is 3.14. The van der Waals surface area contributed by atoms with Crippen molar-refractivity contribution < 1.29 is 9.47 Å². The summed E-state index contributed by atoms with van der Waals surface area (Å²) in [7, 11) is 1.61. The van der Waals surface area contributed by atoms with Gasteiger partial charge in [0.1, 0.15) is 17.2 Å². The topological polar surface area (TPSA) is 68.0 Å². The molecule has 28 heavy (non-hydrogen) atoms. The van der Waals surface area contributed by atoms with Gasteiger partial charge in [-0.25, -0.2) is 4.98 Å². The van der Waals surface area contributed by atoms with Gasteiger partial charge in [0, 0.05) is 18.1 Å². The van der Waals surface area contributed by atoms with E-state index >= 15 is 0 Å². The Balaban J connectivity index is 1.87. The van der Waals surface area contributed by atoms with E-state index in [1.165, 1.54) is 0 Å². The highest BCUT2D eigenvalue weighted by Crippen LogP contribution is 2.40. The van der Waals surface area contributed by atoms with Gasteiger partial charge in [0.2, 0.25) is 5.88 Å². The van der Waals surface area contributed by atoms with E-state index in [1.54, 1.807) is 36.6 Å². The fraction of sp³-hybridized carbons (Fsp3) is 0.136. The molecule has 0 aliphatic carbocycles. The Bertz CT molecular complexity index is 1180. The maximum Gasteiger partial charge on any atom is 0.232 e. The minimum absolute atomic E-state index is 0.303. The predicted octanol–water partition coefficient (Wildman–Crippen LogP) is 5.48. The third kappa shape index (κ3) is 3.46. The molecule has 4 rings (SSSR count). The van der Waals surface area contributed by atoms with Crippen LogP contribution in [0.4, 0.5) is 0 Å². The summed E-state index contributed by atoms with van der Waals surface area (Å²) < 4.78 is 11.4. The van der Waals surface area contributed by atoms with E-state index in [0.717, 1.165) is 26.9 Å². The smallest absolute Gasteiger partial charge is 0.232 e. The third-order valence-electron chi connectivity index (χ3n) is 4.32. The van der Waals surface area contributed by atoms with Crippen LogP contribution in [0.5, 0.6) is 11.6 Å². The zero-order chi connectivity index (χ0) is 19.5. The van der Waals surface area contributed by atoms with Crippen LogP contribution >= 0.6 is 11.3 Å². The maximum absolute atomic E-state index is 9.09. The molecule has 2 aromatic carbocycles. The Morgan fingerprint density at radius 1 is 1.11 bits per heavy atom. The molecule has 6 heteroatoms. The highest BCUT2D eigenvalue weighted by Gasteiger charge is 2.18. The number of methoxy groups -OCH3 is 1. The van der Waals surface area contributed by atoms with Gasteiger partial charge in [-0.15, -0.1) is 11.3 Å². The number of hydrogen-bond donors (Lipinski definition) is 0. The van der Waals surface area contributed by atoms with Crippen LogP contribution in [0.15, 0.2) is 53.9 Å². The summed E-state index contributed by atoms with van der Waals surface area (Å²) in [4.78, 5) is 10.1. The molecular formula is C22H17N3O2S. The fourth-order valence-electron chi connectivity index (χ4n) is 2.99. The van der Waals surface area contributed by atoms with Crippen molar-refractivity contribution in [2.45, 2.75) is 13.5 Å². The van der Waals surface area contributed by atoms with Crippen LogP contribution < -0.4 is 4.74 Å². The molecule has 0 saturated heterocycles. The summed E-state index contributed by atoms with van der Waals surface area (Å²) in [6, 6.07) is 17.6. The van der Waals surface area contributed by atoms with Crippen LogP contribution in [-0.2, 0) is 11.3 Å². The number of nitrogens with zero attached hydrogens (tertiary/aromatic N) is 3. The quantitative estimate of drug-likeness (QED) is 0.454. The lowest BCUT2D eigenvalue weighted by atomic mass is 10.1. The minimum atomic E-state index is 0.303. The summed E-state index contributed by atoms with van der Waals surface area (Å²) in [5.74, 6) is 1.72. The van der Waals surface area contributed by atoms with Gasteiger partial charge >= 0.3 is 0 Å². The molecular weight excluding hydrogens is 370 g/mol. The van der Waals surface area contributed by atoms with E-state index in [-0.39, 0.29) is 0 Å². The van der Waals surface area contributed by atoms with Gasteiger partial charge in [0.05, 0.1) is 17.0 Å². The molecule has 2 aromatic heterocycles.